The minimum absolute atomic E-state index is 0.0297. The van der Waals surface area contributed by atoms with E-state index in [0.29, 0.717) is 44.4 Å². The number of nitrogens with one attached hydrogen (secondary N) is 2. The summed E-state index contributed by atoms with van der Waals surface area (Å²) >= 11 is 6.90. The van der Waals surface area contributed by atoms with Gasteiger partial charge < -0.3 is 34.3 Å². The fraction of sp³-hybridized carbons (Fsp3) is 0.964. The summed E-state index contributed by atoms with van der Waals surface area (Å²) in [4.78, 5) is 15.1. The van der Waals surface area contributed by atoms with Crippen LogP contribution in [0, 0.1) is 17.8 Å². The van der Waals surface area contributed by atoms with Gasteiger partial charge in [0.05, 0.1) is 49.2 Å². The van der Waals surface area contributed by atoms with Gasteiger partial charge in [-0.15, -0.1) is 11.6 Å². The largest absolute Gasteiger partial charge is 0.390 e. The molecule has 218 valence electrons. The lowest BCUT2D eigenvalue weighted by molar-refractivity contribution is -0.128. The molecule has 5 aliphatic rings. The molecule has 3 heterocycles. The van der Waals surface area contributed by atoms with Crippen molar-refractivity contribution in [3.63, 3.8) is 0 Å². The number of fused-ring (bicyclic) bond motifs is 1. The van der Waals surface area contributed by atoms with E-state index in [9.17, 15) is 9.90 Å². The first-order valence-electron chi connectivity index (χ1n) is 15.0. The summed E-state index contributed by atoms with van der Waals surface area (Å²) in [5.74, 6) is 1.10. The number of nitrogens with zero attached hydrogens (tertiary/aromatic N) is 1. The van der Waals surface area contributed by atoms with Gasteiger partial charge in [0.15, 0.2) is 0 Å². The molecule has 5 rings (SSSR count). The lowest BCUT2D eigenvalue weighted by Gasteiger charge is -2.46. The van der Waals surface area contributed by atoms with E-state index in [1.54, 1.807) is 0 Å². The molecule has 9 nitrogen and oxygen atoms in total. The Morgan fingerprint density at radius 3 is 2.63 bits per heavy atom. The molecular formula is C28H48ClN3O6. The number of rotatable bonds is 10. The molecule has 38 heavy (non-hydrogen) atoms. The van der Waals surface area contributed by atoms with E-state index >= 15 is 0 Å². The Labute approximate surface area is 232 Å². The number of alkyl halides is 1. The highest BCUT2D eigenvalue weighted by Crippen LogP contribution is 2.40. The number of hydrogen-bond donors (Lipinski definition) is 3. The summed E-state index contributed by atoms with van der Waals surface area (Å²) in [5, 5.41) is 16.9. The van der Waals surface area contributed by atoms with Crippen LogP contribution in [0.5, 0.6) is 0 Å². The third kappa shape index (κ3) is 8.03. The van der Waals surface area contributed by atoms with Crippen LogP contribution in [0.15, 0.2) is 0 Å². The fourth-order valence-electron chi connectivity index (χ4n) is 7.07. The van der Waals surface area contributed by atoms with Gasteiger partial charge in [0, 0.05) is 45.3 Å². The van der Waals surface area contributed by atoms with Gasteiger partial charge in [0.1, 0.15) is 0 Å². The number of halogens is 1. The summed E-state index contributed by atoms with van der Waals surface area (Å²) in [5.41, 5.74) is 0. The number of carbonyl (C=O) groups excluding carboxylic acids is 1. The Kier molecular flexibility index (Phi) is 11.0. The average Bonchev–Trinajstić information content (AvgIpc) is 3.46. The minimum Gasteiger partial charge on any atom is -0.390 e. The summed E-state index contributed by atoms with van der Waals surface area (Å²) in [6, 6.07) is 0. The molecule has 0 aromatic rings. The monoisotopic (exact) mass is 557 g/mol. The molecule has 2 saturated carbocycles. The van der Waals surface area contributed by atoms with E-state index < -0.39 is 6.10 Å². The highest BCUT2D eigenvalue weighted by Gasteiger charge is 2.42. The molecule has 0 radical (unpaired) electrons. The highest BCUT2D eigenvalue weighted by atomic mass is 35.5. The minimum atomic E-state index is -0.560. The number of ether oxygens (including phenoxy) is 4. The van der Waals surface area contributed by atoms with Crippen LogP contribution in [0.1, 0.15) is 57.8 Å². The van der Waals surface area contributed by atoms with Crippen molar-refractivity contribution in [1.82, 2.24) is 15.5 Å². The number of β-amino-alcohol motifs (C(OH)–C–C–N with tert-alkyl or cyclic N) is 1. The van der Waals surface area contributed by atoms with Crippen LogP contribution in [0.2, 0.25) is 0 Å². The number of aliphatic hydroxyl groups excluding tert-OH is 1. The van der Waals surface area contributed by atoms with Crippen LogP contribution in [0.25, 0.3) is 0 Å². The third-order valence-corrected chi connectivity index (χ3v) is 9.94. The molecule has 10 heteroatoms. The molecule has 0 spiro atoms. The van der Waals surface area contributed by atoms with Gasteiger partial charge >= 0.3 is 0 Å². The van der Waals surface area contributed by atoms with E-state index in [4.69, 9.17) is 30.5 Å². The van der Waals surface area contributed by atoms with Crippen LogP contribution in [-0.2, 0) is 23.7 Å². The Balaban J connectivity index is 0.959. The van der Waals surface area contributed by atoms with Gasteiger partial charge in [0.2, 0.25) is 5.91 Å². The first-order chi connectivity index (χ1) is 18.5. The Morgan fingerprint density at radius 1 is 1.08 bits per heavy atom. The van der Waals surface area contributed by atoms with Crippen LogP contribution in [0.3, 0.4) is 0 Å². The van der Waals surface area contributed by atoms with Gasteiger partial charge in [-0.3, -0.25) is 10.1 Å². The third-order valence-electron chi connectivity index (χ3n) is 9.33. The molecular weight excluding hydrogens is 510 g/mol. The van der Waals surface area contributed by atoms with Crippen LogP contribution in [0.4, 0.5) is 0 Å². The zero-order chi connectivity index (χ0) is 26.3. The number of aliphatic hydroxyl groups is 1. The molecule has 5 fully saturated rings. The second-order valence-corrected chi connectivity index (χ2v) is 12.6. The van der Waals surface area contributed by atoms with E-state index in [1.807, 2.05) is 0 Å². The maximum Gasteiger partial charge on any atom is 0.223 e. The van der Waals surface area contributed by atoms with Gasteiger partial charge in [-0.2, -0.15) is 0 Å². The topological polar surface area (TPSA) is 102 Å². The predicted molar refractivity (Wildman–Crippen MR) is 144 cm³/mol. The molecule has 3 aliphatic heterocycles. The highest BCUT2D eigenvalue weighted by molar-refractivity contribution is 6.21. The quantitative estimate of drug-likeness (QED) is 0.350. The number of likely N-dealkylation sites (tertiary alicyclic amines) is 1. The average molecular weight is 558 g/mol. The number of hydrogen-bond acceptors (Lipinski definition) is 8. The first kappa shape index (κ1) is 29.0. The first-order valence-corrected chi connectivity index (χ1v) is 15.5. The maximum atomic E-state index is 12.8. The van der Waals surface area contributed by atoms with E-state index in [0.717, 1.165) is 90.6 Å². The van der Waals surface area contributed by atoms with Crippen molar-refractivity contribution >= 4 is 17.5 Å². The zero-order valence-corrected chi connectivity index (χ0v) is 23.5. The van der Waals surface area contributed by atoms with E-state index in [2.05, 4.69) is 15.5 Å². The lowest BCUT2D eigenvalue weighted by atomic mass is 9.73. The van der Waals surface area contributed by atoms with Gasteiger partial charge in [0.25, 0.3) is 0 Å². The molecule has 5 unspecified atom stereocenters. The summed E-state index contributed by atoms with van der Waals surface area (Å²) < 4.78 is 23.4. The lowest BCUT2D eigenvalue weighted by Crippen LogP contribution is -2.52. The normalized spacial score (nSPS) is 38.0. The van der Waals surface area contributed by atoms with Crippen molar-refractivity contribution in [3.8, 4) is 0 Å². The second kappa shape index (κ2) is 14.4. The predicted octanol–water partition coefficient (Wildman–Crippen LogP) is 1.89. The van der Waals surface area contributed by atoms with Gasteiger partial charge in [-0.25, -0.2) is 0 Å². The molecule has 0 aromatic carbocycles. The summed E-state index contributed by atoms with van der Waals surface area (Å²) in [7, 11) is 0. The molecule has 0 aromatic heterocycles. The van der Waals surface area contributed by atoms with Crippen LogP contribution < -0.4 is 10.6 Å². The SMILES string of the molecule is O=C(NC[C@H](O)CN1CCC2C(CCC(OCC3CNCO3)C2Cl)C1)C1CCC(OC2CCOCC2)CC1. The fourth-order valence-corrected chi connectivity index (χ4v) is 7.60. The van der Waals surface area contributed by atoms with Crippen molar-refractivity contribution in [2.45, 2.75) is 93.7 Å². The zero-order valence-electron chi connectivity index (χ0n) is 22.7. The molecule has 2 aliphatic carbocycles. The summed E-state index contributed by atoms with van der Waals surface area (Å²) in [6.07, 6.45) is 8.91. The maximum absolute atomic E-state index is 12.8. The number of piperidine rings is 1. The van der Waals surface area contributed by atoms with Crippen LogP contribution >= 0.6 is 11.6 Å². The second-order valence-electron chi connectivity index (χ2n) is 12.1. The summed E-state index contributed by atoms with van der Waals surface area (Å²) in [6.45, 7) is 6.42. The molecule has 3 N–H and O–H groups in total. The van der Waals surface area contributed by atoms with Crippen molar-refractivity contribution in [3.05, 3.63) is 0 Å². The number of carbonyl (C=O) groups is 1. The van der Waals surface area contributed by atoms with Crippen molar-refractivity contribution in [2.75, 3.05) is 59.3 Å². The van der Waals surface area contributed by atoms with Crippen molar-refractivity contribution in [1.29, 1.82) is 0 Å². The van der Waals surface area contributed by atoms with Crippen LogP contribution in [-0.4, -0.2) is 111 Å². The Bertz CT molecular complexity index is 729. The molecule has 0 bridgehead atoms. The standard InChI is InChI=1S/C28H48ClN3O6/c29-27-25-7-10-32(15-20(25)3-6-26(27)36-17-24-14-30-18-37-24)16-21(33)13-31-28(34)19-1-4-22(5-2-19)38-23-8-11-35-12-9-23/h19-27,30,33H,1-18H2,(H,31,34)/t19?,20?,21-,22?,24?,25?,26?,27?/m0/s1. The van der Waals surface area contributed by atoms with Gasteiger partial charge in [-0.05, 0) is 76.2 Å². The Morgan fingerprint density at radius 2 is 1.87 bits per heavy atom. The van der Waals surface area contributed by atoms with Gasteiger partial charge in [-0.1, -0.05) is 0 Å². The number of amides is 1. The van der Waals surface area contributed by atoms with Crippen molar-refractivity contribution < 1.29 is 28.8 Å². The van der Waals surface area contributed by atoms with Crippen molar-refractivity contribution in [2.24, 2.45) is 17.8 Å². The Hall–Kier alpha value is -0.520. The molecule has 3 saturated heterocycles. The van der Waals surface area contributed by atoms with E-state index in [-0.39, 0.29) is 35.5 Å². The molecule has 1 amide bonds. The molecule has 6 atom stereocenters. The smallest absolute Gasteiger partial charge is 0.223 e. The van der Waals surface area contributed by atoms with E-state index in [1.165, 1.54) is 0 Å².